The monoisotopic (exact) mass is 380 g/mol. The van der Waals surface area contributed by atoms with Crippen LogP contribution in [0.1, 0.15) is 24.4 Å². The van der Waals surface area contributed by atoms with Gasteiger partial charge < -0.3 is 5.32 Å². The summed E-state index contributed by atoms with van der Waals surface area (Å²) in [5.41, 5.74) is 1.34. The van der Waals surface area contributed by atoms with Gasteiger partial charge in [-0.3, -0.25) is 4.90 Å². The number of hydrogen-bond acceptors (Lipinski definition) is 4. The number of para-hydroxylation sites is 1. The Bertz CT molecular complexity index is 822. The maximum atomic E-state index is 13.0. The second-order valence-corrected chi connectivity index (χ2v) is 8.24. The molecule has 0 bridgehead atoms. The fourth-order valence-electron chi connectivity index (χ4n) is 3.35. The van der Waals surface area contributed by atoms with Gasteiger partial charge in [0.1, 0.15) is 0 Å². The molecule has 1 saturated heterocycles. The first kappa shape index (κ1) is 18.8. The van der Waals surface area contributed by atoms with Crippen LogP contribution in [-0.4, -0.2) is 38.7 Å². The quantitative estimate of drug-likeness (QED) is 0.791. The van der Waals surface area contributed by atoms with E-state index < -0.39 is 15.6 Å². The molecule has 0 aromatic heterocycles. The van der Waals surface area contributed by atoms with Gasteiger partial charge in [-0.25, -0.2) is 8.42 Å². The molecule has 0 radical (unpaired) electrons. The third-order valence-corrected chi connectivity index (χ3v) is 6.12. The van der Waals surface area contributed by atoms with Crippen molar-refractivity contribution in [2.24, 2.45) is 0 Å². The van der Waals surface area contributed by atoms with Crippen LogP contribution in [0, 0.1) is 0 Å². The Balaban J connectivity index is 1.84. The molecule has 2 aromatic rings. The van der Waals surface area contributed by atoms with E-state index in [1.165, 1.54) is 18.2 Å². The van der Waals surface area contributed by atoms with Gasteiger partial charge in [0.25, 0.3) is 0 Å². The van der Waals surface area contributed by atoms with Crippen molar-refractivity contribution in [3.63, 3.8) is 0 Å². The molecular formula is C19H22F2N2O2S. The highest BCUT2D eigenvalue weighted by molar-refractivity contribution is 7.91. The van der Waals surface area contributed by atoms with Crippen LogP contribution < -0.4 is 5.32 Å². The normalized spacial score (nSPS) is 16.7. The van der Waals surface area contributed by atoms with Crippen molar-refractivity contribution in [3.8, 4) is 0 Å². The van der Waals surface area contributed by atoms with Gasteiger partial charge in [0.15, 0.2) is 0 Å². The van der Waals surface area contributed by atoms with E-state index in [2.05, 4.69) is 10.2 Å². The summed E-state index contributed by atoms with van der Waals surface area (Å²) < 4.78 is 49.8. The number of anilines is 1. The standard InChI is InChI=1S/C19H22F2N2O2S/c20-19(21)26(24,25)18-11-5-4-10-16(18)22-14-17(23-12-6-7-13-23)15-8-2-1-3-9-15/h1-5,8-11,17,19,22H,6-7,12-14H2. The average molecular weight is 380 g/mol. The van der Waals surface area contributed by atoms with Gasteiger partial charge >= 0.3 is 5.76 Å². The molecule has 7 heteroatoms. The SMILES string of the molecule is O=S(=O)(c1ccccc1NCC(c1ccccc1)N1CCCC1)C(F)F. The summed E-state index contributed by atoms with van der Waals surface area (Å²) in [7, 11) is -4.65. The smallest absolute Gasteiger partial charge is 0.341 e. The second-order valence-electron chi connectivity index (χ2n) is 6.35. The highest BCUT2D eigenvalue weighted by atomic mass is 32.2. The zero-order valence-corrected chi connectivity index (χ0v) is 15.1. The summed E-state index contributed by atoms with van der Waals surface area (Å²) in [6, 6.07) is 15.8. The fourth-order valence-corrected chi connectivity index (χ4v) is 4.26. The summed E-state index contributed by atoms with van der Waals surface area (Å²) in [5, 5.41) is 3.10. The zero-order chi connectivity index (χ0) is 18.6. The summed E-state index contributed by atoms with van der Waals surface area (Å²) >= 11 is 0. The first-order valence-corrected chi connectivity index (χ1v) is 10.2. The zero-order valence-electron chi connectivity index (χ0n) is 14.3. The molecule has 0 aliphatic carbocycles. The molecule has 0 saturated carbocycles. The van der Waals surface area contributed by atoms with Crippen molar-refractivity contribution in [3.05, 3.63) is 60.2 Å². The number of nitrogens with one attached hydrogen (secondary N) is 1. The number of rotatable bonds is 7. The molecule has 1 N–H and O–H groups in total. The Hall–Kier alpha value is -1.99. The van der Waals surface area contributed by atoms with Crippen LogP contribution in [0.2, 0.25) is 0 Å². The van der Waals surface area contributed by atoms with Crippen LogP contribution in [0.5, 0.6) is 0 Å². The molecule has 1 unspecified atom stereocenters. The van der Waals surface area contributed by atoms with Crippen molar-refractivity contribution < 1.29 is 17.2 Å². The van der Waals surface area contributed by atoms with Crippen molar-refractivity contribution >= 4 is 15.5 Å². The van der Waals surface area contributed by atoms with Crippen LogP contribution >= 0.6 is 0 Å². The number of sulfone groups is 1. The van der Waals surface area contributed by atoms with E-state index in [1.54, 1.807) is 6.07 Å². The van der Waals surface area contributed by atoms with Crippen molar-refractivity contribution in [1.29, 1.82) is 0 Å². The molecule has 1 atom stereocenters. The number of likely N-dealkylation sites (tertiary alicyclic amines) is 1. The minimum absolute atomic E-state index is 0.0565. The second kappa shape index (κ2) is 8.14. The molecule has 1 heterocycles. The molecular weight excluding hydrogens is 358 g/mol. The predicted molar refractivity (Wildman–Crippen MR) is 98.1 cm³/mol. The number of benzene rings is 2. The number of halogens is 2. The van der Waals surface area contributed by atoms with Crippen LogP contribution in [0.3, 0.4) is 0 Å². The summed E-state index contributed by atoms with van der Waals surface area (Å²) in [6.07, 6.45) is 2.25. The molecule has 1 aliphatic heterocycles. The Kier molecular flexibility index (Phi) is 5.88. The molecule has 0 spiro atoms. The lowest BCUT2D eigenvalue weighted by atomic mass is 10.1. The third-order valence-electron chi connectivity index (χ3n) is 4.68. The maximum Gasteiger partial charge on any atom is 0.341 e. The van der Waals surface area contributed by atoms with Gasteiger partial charge in [0.2, 0.25) is 9.84 Å². The minimum Gasteiger partial charge on any atom is -0.382 e. The highest BCUT2D eigenvalue weighted by Gasteiger charge is 2.30. The van der Waals surface area contributed by atoms with Crippen molar-refractivity contribution in [2.45, 2.75) is 29.5 Å². The molecule has 140 valence electrons. The van der Waals surface area contributed by atoms with Crippen LogP contribution in [0.15, 0.2) is 59.5 Å². The summed E-state index contributed by atoms with van der Waals surface area (Å²) in [4.78, 5) is 1.98. The summed E-state index contributed by atoms with van der Waals surface area (Å²) in [6.45, 7) is 2.39. The van der Waals surface area contributed by atoms with Crippen LogP contribution in [0.4, 0.5) is 14.5 Å². The van der Waals surface area contributed by atoms with Gasteiger partial charge in [-0.15, -0.1) is 0 Å². The van der Waals surface area contributed by atoms with Crippen LogP contribution in [0.25, 0.3) is 0 Å². The lowest BCUT2D eigenvalue weighted by Crippen LogP contribution is -2.31. The van der Waals surface area contributed by atoms with E-state index in [0.29, 0.717) is 6.54 Å². The Labute approximate surface area is 152 Å². The number of hydrogen-bond donors (Lipinski definition) is 1. The fraction of sp³-hybridized carbons (Fsp3) is 0.368. The first-order chi connectivity index (χ1) is 12.5. The van der Waals surface area contributed by atoms with E-state index in [1.807, 2.05) is 30.3 Å². The molecule has 1 fully saturated rings. The van der Waals surface area contributed by atoms with Crippen LogP contribution in [-0.2, 0) is 9.84 Å². The number of nitrogens with zero attached hydrogens (tertiary/aromatic N) is 1. The molecule has 1 aliphatic rings. The Morgan fingerprint density at radius 3 is 2.23 bits per heavy atom. The van der Waals surface area contributed by atoms with Crippen molar-refractivity contribution in [2.75, 3.05) is 25.0 Å². The largest absolute Gasteiger partial charge is 0.382 e. The predicted octanol–water partition coefficient (Wildman–Crippen LogP) is 3.93. The molecule has 3 rings (SSSR count). The van der Waals surface area contributed by atoms with Gasteiger partial charge in [-0.05, 0) is 43.6 Å². The number of alkyl halides is 2. The molecule has 26 heavy (non-hydrogen) atoms. The summed E-state index contributed by atoms with van der Waals surface area (Å²) in [5.74, 6) is -3.44. The Morgan fingerprint density at radius 2 is 1.58 bits per heavy atom. The first-order valence-electron chi connectivity index (χ1n) is 8.64. The lowest BCUT2D eigenvalue weighted by molar-refractivity contribution is 0.235. The highest BCUT2D eigenvalue weighted by Crippen LogP contribution is 2.29. The van der Waals surface area contributed by atoms with E-state index in [9.17, 15) is 17.2 Å². The van der Waals surface area contributed by atoms with Crippen molar-refractivity contribution in [1.82, 2.24) is 4.90 Å². The third kappa shape index (κ3) is 4.04. The van der Waals surface area contributed by atoms with E-state index in [-0.39, 0.29) is 16.6 Å². The Morgan fingerprint density at radius 1 is 0.962 bits per heavy atom. The maximum absolute atomic E-state index is 13.0. The van der Waals surface area contributed by atoms with Gasteiger partial charge in [0.05, 0.1) is 16.6 Å². The molecule has 4 nitrogen and oxygen atoms in total. The van der Waals surface area contributed by atoms with Gasteiger partial charge in [-0.2, -0.15) is 8.78 Å². The molecule has 2 aromatic carbocycles. The molecule has 0 amide bonds. The van der Waals surface area contributed by atoms with E-state index in [4.69, 9.17) is 0 Å². The van der Waals surface area contributed by atoms with E-state index in [0.717, 1.165) is 31.5 Å². The van der Waals surface area contributed by atoms with E-state index >= 15 is 0 Å². The van der Waals surface area contributed by atoms with Gasteiger partial charge in [0, 0.05) is 6.54 Å². The topological polar surface area (TPSA) is 49.4 Å². The van der Waals surface area contributed by atoms with Gasteiger partial charge in [-0.1, -0.05) is 42.5 Å². The lowest BCUT2D eigenvalue weighted by Gasteiger charge is -2.29. The average Bonchev–Trinajstić information content (AvgIpc) is 3.17. The minimum atomic E-state index is -4.65.